The third-order valence-electron chi connectivity index (χ3n) is 3.33. The van der Waals surface area contributed by atoms with Crippen molar-refractivity contribution in [3.63, 3.8) is 0 Å². The number of fused-ring (bicyclic) bond motifs is 1. The van der Waals surface area contributed by atoms with Crippen molar-refractivity contribution < 1.29 is 24.0 Å². The van der Waals surface area contributed by atoms with E-state index in [0.717, 1.165) is 0 Å². The van der Waals surface area contributed by atoms with Crippen LogP contribution in [-0.2, 0) is 11.8 Å². The summed E-state index contributed by atoms with van der Waals surface area (Å²) in [6, 6.07) is 2.97. The second kappa shape index (κ2) is 5.84. The first-order valence-electron chi connectivity index (χ1n) is 6.43. The van der Waals surface area contributed by atoms with E-state index in [1.807, 2.05) is 0 Å². The third kappa shape index (κ3) is 2.18. The van der Waals surface area contributed by atoms with Crippen molar-refractivity contribution in [2.75, 3.05) is 13.7 Å². The summed E-state index contributed by atoms with van der Waals surface area (Å²) in [5.74, 6) is -0.696. The van der Waals surface area contributed by atoms with Crippen LogP contribution in [0.4, 0.5) is 5.69 Å². The van der Waals surface area contributed by atoms with Crippen LogP contribution in [0.2, 0.25) is 0 Å². The van der Waals surface area contributed by atoms with Crippen molar-refractivity contribution in [2.24, 2.45) is 7.05 Å². The molecule has 8 heteroatoms. The highest BCUT2D eigenvalue weighted by molar-refractivity contribution is 6.12. The first kappa shape index (κ1) is 15.5. The van der Waals surface area contributed by atoms with E-state index in [1.54, 1.807) is 13.0 Å². The Bertz CT molecular complexity index is 777. The van der Waals surface area contributed by atoms with E-state index in [-0.39, 0.29) is 34.7 Å². The highest BCUT2D eigenvalue weighted by Gasteiger charge is 2.30. The van der Waals surface area contributed by atoms with Crippen LogP contribution >= 0.6 is 0 Å². The Morgan fingerprint density at radius 1 is 1.45 bits per heavy atom. The minimum absolute atomic E-state index is 0.0154. The van der Waals surface area contributed by atoms with Gasteiger partial charge in [-0.3, -0.25) is 14.9 Å². The number of aromatic nitrogens is 1. The number of benzene rings is 1. The van der Waals surface area contributed by atoms with Crippen molar-refractivity contribution in [1.82, 2.24) is 4.57 Å². The molecular formula is C14H14N2O6. The zero-order valence-corrected chi connectivity index (χ0v) is 12.3. The van der Waals surface area contributed by atoms with Crippen LogP contribution in [0.5, 0.6) is 5.75 Å². The molecule has 0 amide bonds. The van der Waals surface area contributed by atoms with Crippen LogP contribution in [-0.4, -0.2) is 35.5 Å². The number of methoxy groups -OCH3 is 1. The molecule has 0 aliphatic carbocycles. The number of rotatable bonds is 5. The van der Waals surface area contributed by atoms with Gasteiger partial charge in [-0.1, -0.05) is 0 Å². The molecule has 0 N–H and O–H groups in total. The Labute approximate surface area is 125 Å². The predicted octanol–water partition coefficient (Wildman–Crippen LogP) is 2.08. The summed E-state index contributed by atoms with van der Waals surface area (Å²) in [4.78, 5) is 34.2. The van der Waals surface area contributed by atoms with E-state index >= 15 is 0 Å². The second-order valence-corrected chi connectivity index (χ2v) is 4.43. The SMILES string of the molecule is CCOC(=O)c1c(C=O)c2c([N+](=O)[O-])c(OC)ccc2n1C. The van der Waals surface area contributed by atoms with Crippen LogP contribution in [0.15, 0.2) is 12.1 Å². The van der Waals surface area contributed by atoms with Crippen LogP contribution in [0.3, 0.4) is 0 Å². The van der Waals surface area contributed by atoms with Crippen LogP contribution < -0.4 is 4.74 Å². The van der Waals surface area contributed by atoms with Crippen molar-refractivity contribution in [3.05, 3.63) is 33.5 Å². The van der Waals surface area contributed by atoms with E-state index in [0.29, 0.717) is 11.8 Å². The van der Waals surface area contributed by atoms with Gasteiger partial charge in [0.2, 0.25) is 0 Å². The van der Waals surface area contributed by atoms with Gasteiger partial charge < -0.3 is 14.0 Å². The average Bonchev–Trinajstić information content (AvgIpc) is 2.78. The fourth-order valence-corrected chi connectivity index (χ4v) is 2.43. The molecule has 0 aliphatic rings. The topological polar surface area (TPSA) is 101 Å². The molecule has 116 valence electrons. The first-order chi connectivity index (χ1) is 10.5. The van der Waals surface area contributed by atoms with Gasteiger partial charge in [0.15, 0.2) is 12.0 Å². The van der Waals surface area contributed by atoms with E-state index in [2.05, 4.69) is 0 Å². The summed E-state index contributed by atoms with van der Waals surface area (Å²) in [5.41, 5.74) is -0.0874. The lowest BCUT2D eigenvalue weighted by Crippen LogP contribution is -2.11. The van der Waals surface area contributed by atoms with Gasteiger partial charge in [0.25, 0.3) is 0 Å². The fraction of sp³-hybridized carbons (Fsp3) is 0.286. The lowest BCUT2D eigenvalue weighted by atomic mass is 10.1. The summed E-state index contributed by atoms with van der Waals surface area (Å²) in [7, 11) is 2.84. The Morgan fingerprint density at radius 2 is 2.14 bits per heavy atom. The van der Waals surface area contributed by atoms with Crippen LogP contribution in [0, 0.1) is 10.1 Å². The maximum atomic E-state index is 12.0. The summed E-state index contributed by atoms with van der Waals surface area (Å²) in [6.45, 7) is 1.76. The molecule has 0 spiro atoms. The minimum Gasteiger partial charge on any atom is -0.490 e. The molecule has 0 aliphatic heterocycles. The van der Waals surface area contributed by atoms with E-state index in [9.17, 15) is 19.7 Å². The largest absolute Gasteiger partial charge is 0.490 e. The average molecular weight is 306 g/mol. The monoisotopic (exact) mass is 306 g/mol. The maximum Gasteiger partial charge on any atom is 0.355 e. The van der Waals surface area contributed by atoms with Gasteiger partial charge in [-0.05, 0) is 19.1 Å². The molecule has 0 atom stereocenters. The molecule has 1 aromatic carbocycles. The maximum absolute atomic E-state index is 12.0. The number of ether oxygens (including phenoxy) is 2. The second-order valence-electron chi connectivity index (χ2n) is 4.43. The molecule has 2 aromatic rings. The standard InChI is InChI=1S/C14H14N2O6/c1-4-22-14(18)12-8(7-17)11-9(15(12)2)5-6-10(21-3)13(11)16(19)20/h5-7H,4H2,1-3H3. The van der Waals surface area contributed by atoms with Crippen LogP contribution in [0.1, 0.15) is 27.8 Å². The molecule has 1 aromatic heterocycles. The lowest BCUT2D eigenvalue weighted by molar-refractivity contribution is -0.383. The molecule has 1 heterocycles. The van der Waals surface area contributed by atoms with Gasteiger partial charge in [0.05, 0.1) is 35.1 Å². The number of hydrogen-bond acceptors (Lipinski definition) is 6. The van der Waals surface area contributed by atoms with Gasteiger partial charge in [0, 0.05) is 7.05 Å². The number of nitro groups is 1. The number of hydrogen-bond donors (Lipinski definition) is 0. The predicted molar refractivity (Wildman–Crippen MR) is 77.5 cm³/mol. The number of carbonyl (C=O) groups is 2. The highest BCUT2D eigenvalue weighted by Crippen LogP contribution is 2.39. The molecule has 22 heavy (non-hydrogen) atoms. The Balaban J connectivity index is 2.94. The van der Waals surface area contributed by atoms with Gasteiger partial charge in [-0.2, -0.15) is 0 Å². The molecule has 0 radical (unpaired) electrons. The van der Waals surface area contributed by atoms with Crippen molar-refractivity contribution in [2.45, 2.75) is 6.92 Å². The van der Waals surface area contributed by atoms with Crippen molar-refractivity contribution in [1.29, 1.82) is 0 Å². The Morgan fingerprint density at radius 3 is 2.64 bits per heavy atom. The Kier molecular flexibility index (Phi) is 4.11. The summed E-state index contributed by atoms with van der Waals surface area (Å²) < 4.78 is 11.3. The molecular weight excluding hydrogens is 292 g/mol. The van der Waals surface area contributed by atoms with Gasteiger partial charge in [-0.25, -0.2) is 4.79 Å². The molecule has 0 fully saturated rings. The molecule has 0 unspecified atom stereocenters. The van der Waals surface area contributed by atoms with E-state index in [4.69, 9.17) is 9.47 Å². The zero-order chi connectivity index (χ0) is 16.4. The summed E-state index contributed by atoms with van der Waals surface area (Å²) >= 11 is 0. The number of nitrogens with zero attached hydrogens (tertiary/aromatic N) is 2. The third-order valence-corrected chi connectivity index (χ3v) is 3.33. The molecule has 0 saturated carbocycles. The summed E-state index contributed by atoms with van der Waals surface area (Å²) in [6.07, 6.45) is 0.418. The van der Waals surface area contributed by atoms with Crippen LogP contribution in [0.25, 0.3) is 10.9 Å². The van der Waals surface area contributed by atoms with E-state index < -0.39 is 10.9 Å². The van der Waals surface area contributed by atoms with Crippen molar-refractivity contribution >= 4 is 28.8 Å². The molecule has 0 bridgehead atoms. The number of carbonyl (C=O) groups excluding carboxylic acids is 2. The van der Waals surface area contributed by atoms with Gasteiger partial charge in [0.1, 0.15) is 5.69 Å². The summed E-state index contributed by atoms with van der Waals surface area (Å²) in [5, 5.41) is 11.4. The van der Waals surface area contributed by atoms with Crippen molar-refractivity contribution in [3.8, 4) is 5.75 Å². The number of nitro benzene ring substituents is 1. The quantitative estimate of drug-likeness (QED) is 0.363. The molecule has 0 saturated heterocycles. The number of esters is 1. The molecule has 8 nitrogen and oxygen atoms in total. The number of aryl methyl sites for hydroxylation is 1. The highest BCUT2D eigenvalue weighted by atomic mass is 16.6. The zero-order valence-electron chi connectivity index (χ0n) is 12.3. The minimum atomic E-state index is -0.712. The number of aldehydes is 1. The first-order valence-corrected chi connectivity index (χ1v) is 6.43. The normalized spacial score (nSPS) is 10.5. The lowest BCUT2D eigenvalue weighted by Gasteiger charge is -2.04. The molecule has 2 rings (SSSR count). The Hall–Kier alpha value is -2.90. The smallest absolute Gasteiger partial charge is 0.355 e. The fourth-order valence-electron chi connectivity index (χ4n) is 2.43. The van der Waals surface area contributed by atoms with Gasteiger partial charge >= 0.3 is 11.7 Å². The van der Waals surface area contributed by atoms with E-state index in [1.165, 1.54) is 24.8 Å². The van der Waals surface area contributed by atoms with Gasteiger partial charge in [-0.15, -0.1) is 0 Å².